The van der Waals surface area contributed by atoms with E-state index in [0.29, 0.717) is 5.56 Å². The third kappa shape index (κ3) is 4.08. The summed E-state index contributed by atoms with van der Waals surface area (Å²) >= 11 is 0. The Kier molecular flexibility index (Phi) is 6.02. The van der Waals surface area contributed by atoms with Crippen LogP contribution in [0.15, 0.2) is 133 Å². The lowest BCUT2D eigenvalue weighted by atomic mass is 9.83. The molecule has 0 saturated carbocycles. The predicted octanol–water partition coefficient (Wildman–Crippen LogP) is 12.0. The number of benzene rings is 8. The highest BCUT2D eigenvalue weighted by atomic mass is 19.2. The normalized spacial score (nSPS) is 11.6. The zero-order valence-electron chi connectivity index (χ0n) is 23.8. The van der Waals surface area contributed by atoms with Gasteiger partial charge >= 0.3 is 0 Å². The van der Waals surface area contributed by atoms with E-state index in [9.17, 15) is 13.2 Å². The Morgan fingerprint density at radius 1 is 0.386 bits per heavy atom. The Bertz CT molecular complexity index is 2400. The molecule has 0 nitrogen and oxygen atoms in total. The minimum atomic E-state index is -1.47. The van der Waals surface area contributed by atoms with Gasteiger partial charge in [-0.15, -0.1) is 0 Å². The van der Waals surface area contributed by atoms with Crippen molar-refractivity contribution in [2.75, 3.05) is 0 Å². The van der Waals surface area contributed by atoms with E-state index in [1.165, 1.54) is 10.8 Å². The monoisotopic (exact) mass is 574 g/mol. The second-order valence-electron chi connectivity index (χ2n) is 11.4. The van der Waals surface area contributed by atoms with Crippen molar-refractivity contribution >= 4 is 43.1 Å². The standard InChI is InChI=1S/C41H25F3/c1-24-14-16-25(17-15-24)39-32-12-6-7-13-33(32)40(35-21-27-8-2-3-9-29(27)30-10-4-5-11-31(30)35)34-19-18-26(20-36(34)39)28-22-37(42)41(44)38(43)23-28/h2-23H,1H3. The molecule has 0 fully saturated rings. The topological polar surface area (TPSA) is 0 Å². The summed E-state index contributed by atoms with van der Waals surface area (Å²) in [6.45, 7) is 2.06. The van der Waals surface area contributed by atoms with Gasteiger partial charge in [0.25, 0.3) is 0 Å². The molecule has 0 radical (unpaired) electrons. The number of hydrogen-bond donors (Lipinski definition) is 0. The smallest absolute Gasteiger partial charge is 0.194 e. The van der Waals surface area contributed by atoms with Crippen LogP contribution in [0.25, 0.3) is 76.5 Å². The van der Waals surface area contributed by atoms with Crippen LogP contribution in [0.4, 0.5) is 13.2 Å². The maximum absolute atomic E-state index is 14.4. The average Bonchev–Trinajstić information content (AvgIpc) is 3.06. The molecule has 8 aromatic rings. The summed E-state index contributed by atoms with van der Waals surface area (Å²) < 4.78 is 42.7. The summed E-state index contributed by atoms with van der Waals surface area (Å²) in [5, 5.41) is 8.82. The molecule has 0 aliphatic rings. The third-order valence-electron chi connectivity index (χ3n) is 8.72. The van der Waals surface area contributed by atoms with Crippen molar-refractivity contribution < 1.29 is 13.2 Å². The van der Waals surface area contributed by atoms with E-state index in [1.807, 2.05) is 24.3 Å². The molecule has 0 heterocycles. The SMILES string of the molecule is Cc1ccc(-c2c3ccccc3c(-c3cc4ccccc4c4ccccc34)c3ccc(-c4cc(F)c(F)c(F)c4)cc23)cc1. The molecule has 0 spiro atoms. The van der Waals surface area contributed by atoms with Crippen molar-refractivity contribution in [2.24, 2.45) is 0 Å². The van der Waals surface area contributed by atoms with Crippen LogP contribution in [0.5, 0.6) is 0 Å². The third-order valence-corrected chi connectivity index (χ3v) is 8.72. The Labute approximate surface area is 252 Å². The molecule has 0 aliphatic carbocycles. The Balaban J connectivity index is 1.55. The first kappa shape index (κ1) is 26.2. The van der Waals surface area contributed by atoms with Crippen molar-refractivity contribution in [3.63, 3.8) is 0 Å². The average molecular weight is 575 g/mol. The number of aryl methyl sites for hydroxylation is 1. The highest BCUT2D eigenvalue weighted by Gasteiger charge is 2.20. The van der Waals surface area contributed by atoms with Gasteiger partial charge in [-0.1, -0.05) is 115 Å². The second kappa shape index (κ2) is 10.1. The Morgan fingerprint density at radius 3 is 1.64 bits per heavy atom. The van der Waals surface area contributed by atoms with Gasteiger partial charge < -0.3 is 0 Å². The van der Waals surface area contributed by atoms with Gasteiger partial charge in [0.2, 0.25) is 0 Å². The lowest BCUT2D eigenvalue weighted by Gasteiger charge is -2.20. The Morgan fingerprint density at radius 2 is 0.932 bits per heavy atom. The highest BCUT2D eigenvalue weighted by Crippen LogP contribution is 2.47. The van der Waals surface area contributed by atoms with Crippen LogP contribution in [0.2, 0.25) is 0 Å². The van der Waals surface area contributed by atoms with Crippen LogP contribution in [0, 0.1) is 24.4 Å². The van der Waals surface area contributed by atoms with E-state index in [0.717, 1.165) is 72.3 Å². The zero-order valence-corrected chi connectivity index (χ0v) is 23.8. The molecule has 0 N–H and O–H groups in total. The maximum Gasteiger partial charge on any atom is 0.194 e. The molecule has 44 heavy (non-hydrogen) atoms. The fourth-order valence-electron chi connectivity index (χ4n) is 6.66. The van der Waals surface area contributed by atoms with E-state index >= 15 is 0 Å². The van der Waals surface area contributed by atoms with Gasteiger partial charge in [-0.25, -0.2) is 13.2 Å². The van der Waals surface area contributed by atoms with Crippen molar-refractivity contribution in [1.29, 1.82) is 0 Å². The molecule has 8 aromatic carbocycles. The highest BCUT2D eigenvalue weighted by molar-refractivity contribution is 6.26. The van der Waals surface area contributed by atoms with E-state index in [4.69, 9.17) is 0 Å². The number of halogens is 3. The molecule has 0 unspecified atom stereocenters. The van der Waals surface area contributed by atoms with Crippen LogP contribution < -0.4 is 0 Å². The number of rotatable bonds is 3. The number of fused-ring (bicyclic) bond motifs is 5. The molecule has 210 valence electrons. The molecule has 3 heteroatoms. The van der Waals surface area contributed by atoms with E-state index in [-0.39, 0.29) is 5.56 Å². The molecule has 0 aliphatic heterocycles. The summed E-state index contributed by atoms with van der Waals surface area (Å²) in [5.74, 6) is -3.88. The minimum Gasteiger partial charge on any atom is -0.204 e. The molecule has 0 atom stereocenters. The van der Waals surface area contributed by atoms with Gasteiger partial charge in [0.05, 0.1) is 0 Å². The molecule has 0 amide bonds. The van der Waals surface area contributed by atoms with Crippen LogP contribution in [-0.2, 0) is 0 Å². The van der Waals surface area contributed by atoms with Crippen molar-refractivity contribution in [2.45, 2.75) is 6.92 Å². The van der Waals surface area contributed by atoms with Gasteiger partial charge in [-0.2, -0.15) is 0 Å². The van der Waals surface area contributed by atoms with Gasteiger partial charge in [-0.05, 0) is 108 Å². The molecule has 0 saturated heterocycles. The minimum absolute atomic E-state index is 0.281. The largest absolute Gasteiger partial charge is 0.204 e. The van der Waals surface area contributed by atoms with Crippen molar-refractivity contribution in [3.8, 4) is 33.4 Å². The van der Waals surface area contributed by atoms with E-state index < -0.39 is 17.5 Å². The molecule has 0 bridgehead atoms. The zero-order chi connectivity index (χ0) is 29.9. The second-order valence-corrected chi connectivity index (χ2v) is 11.4. The molecule has 8 rings (SSSR count). The maximum atomic E-state index is 14.4. The summed E-state index contributed by atoms with van der Waals surface area (Å²) in [6.07, 6.45) is 0. The fourth-order valence-corrected chi connectivity index (χ4v) is 6.66. The molecular weight excluding hydrogens is 549 g/mol. The summed E-state index contributed by atoms with van der Waals surface area (Å²) in [7, 11) is 0. The predicted molar refractivity (Wildman–Crippen MR) is 177 cm³/mol. The van der Waals surface area contributed by atoms with E-state index in [2.05, 4.69) is 104 Å². The summed E-state index contributed by atoms with van der Waals surface area (Å²) in [6, 6.07) is 44.0. The first-order valence-corrected chi connectivity index (χ1v) is 14.6. The van der Waals surface area contributed by atoms with Crippen molar-refractivity contribution in [3.05, 3.63) is 156 Å². The van der Waals surface area contributed by atoms with Crippen LogP contribution >= 0.6 is 0 Å². The van der Waals surface area contributed by atoms with E-state index in [1.54, 1.807) is 0 Å². The first-order chi connectivity index (χ1) is 21.5. The van der Waals surface area contributed by atoms with Crippen LogP contribution in [0.1, 0.15) is 5.56 Å². The molecule has 0 aromatic heterocycles. The van der Waals surface area contributed by atoms with Gasteiger partial charge in [-0.3, -0.25) is 0 Å². The fraction of sp³-hybridized carbons (Fsp3) is 0.0244. The lowest BCUT2D eigenvalue weighted by molar-refractivity contribution is 0.448. The molecular formula is C41H25F3. The first-order valence-electron chi connectivity index (χ1n) is 14.6. The van der Waals surface area contributed by atoms with Gasteiger partial charge in [0.15, 0.2) is 17.5 Å². The van der Waals surface area contributed by atoms with Gasteiger partial charge in [0.1, 0.15) is 0 Å². The van der Waals surface area contributed by atoms with Gasteiger partial charge in [0, 0.05) is 0 Å². The van der Waals surface area contributed by atoms with Crippen LogP contribution in [-0.4, -0.2) is 0 Å². The Hall–Kier alpha value is -5.41. The van der Waals surface area contributed by atoms with Crippen LogP contribution in [0.3, 0.4) is 0 Å². The summed E-state index contributed by atoms with van der Waals surface area (Å²) in [5.41, 5.74) is 6.32. The quantitative estimate of drug-likeness (QED) is 0.112. The summed E-state index contributed by atoms with van der Waals surface area (Å²) in [4.78, 5) is 0. The van der Waals surface area contributed by atoms with Crippen molar-refractivity contribution in [1.82, 2.24) is 0 Å². The number of hydrogen-bond acceptors (Lipinski definition) is 0. The lowest BCUT2D eigenvalue weighted by Crippen LogP contribution is -1.94.